The van der Waals surface area contributed by atoms with Crippen LogP contribution in [0.2, 0.25) is 0 Å². The second-order valence-electron chi connectivity index (χ2n) is 4.46. The molecule has 1 N–H and O–H groups in total. The summed E-state index contributed by atoms with van der Waals surface area (Å²) in [5.74, 6) is 0.163. The largest absolute Gasteiger partial charge is 0.305 e. The molecule has 0 radical (unpaired) electrons. The fourth-order valence-electron chi connectivity index (χ4n) is 1.73. The van der Waals surface area contributed by atoms with Crippen molar-refractivity contribution < 1.29 is 4.79 Å². The van der Waals surface area contributed by atoms with Gasteiger partial charge in [-0.2, -0.15) is 0 Å². The summed E-state index contributed by atoms with van der Waals surface area (Å²) >= 11 is 0. The lowest BCUT2D eigenvalue weighted by molar-refractivity contribution is 0.0946. The molecule has 0 heterocycles. The number of carbonyl (C=O) groups is 1. The molecule has 1 aromatic carbocycles. The van der Waals surface area contributed by atoms with E-state index in [0.29, 0.717) is 6.04 Å². The van der Waals surface area contributed by atoms with E-state index in [-0.39, 0.29) is 11.8 Å². The predicted molar refractivity (Wildman–Crippen MR) is 67.9 cm³/mol. The molecule has 0 amide bonds. The molecule has 1 unspecified atom stereocenters. The smallest absolute Gasteiger partial charge is 0.179 e. The van der Waals surface area contributed by atoms with Crippen molar-refractivity contribution in [2.24, 2.45) is 0 Å². The number of nitrogens with one attached hydrogen (secondary N) is 1. The van der Waals surface area contributed by atoms with Gasteiger partial charge in [0.2, 0.25) is 0 Å². The number of ketones is 1. The maximum atomic E-state index is 12.0. The molecule has 0 saturated carbocycles. The highest BCUT2D eigenvalue weighted by molar-refractivity contribution is 5.99. The first-order valence-electron chi connectivity index (χ1n) is 5.93. The van der Waals surface area contributed by atoms with Crippen LogP contribution >= 0.6 is 0 Å². The van der Waals surface area contributed by atoms with E-state index in [4.69, 9.17) is 0 Å². The SMILES string of the molecule is CCc1ccc(C(=O)C(C)NC(C)C)cc1. The zero-order valence-corrected chi connectivity index (χ0v) is 10.6. The molecular weight excluding hydrogens is 198 g/mol. The third-order valence-corrected chi connectivity index (χ3v) is 2.62. The molecule has 2 nitrogen and oxygen atoms in total. The van der Waals surface area contributed by atoms with Gasteiger partial charge in [-0.3, -0.25) is 4.79 Å². The molecule has 0 aromatic heterocycles. The normalized spacial score (nSPS) is 12.8. The second-order valence-corrected chi connectivity index (χ2v) is 4.46. The highest BCUT2D eigenvalue weighted by atomic mass is 16.1. The maximum absolute atomic E-state index is 12.0. The molecule has 1 atom stereocenters. The van der Waals surface area contributed by atoms with Crippen LogP contribution in [0.25, 0.3) is 0 Å². The van der Waals surface area contributed by atoms with Gasteiger partial charge in [0.05, 0.1) is 6.04 Å². The topological polar surface area (TPSA) is 29.1 Å². The van der Waals surface area contributed by atoms with Gasteiger partial charge in [-0.1, -0.05) is 45.0 Å². The summed E-state index contributed by atoms with van der Waals surface area (Å²) < 4.78 is 0. The van der Waals surface area contributed by atoms with Gasteiger partial charge in [0, 0.05) is 11.6 Å². The lowest BCUT2D eigenvalue weighted by Crippen LogP contribution is -2.38. The fourth-order valence-corrected chi connectivity index (χ4v) is 1.73. The van der Waals surface area contributed by atoms with Crippen LogP contribution in [0.4, 0.5) is 0 Å². The maximum Gasteiger partial charge on any atom is 0.179 e. The van der Waals surface area contributed by atoms with E-state index in [1.807, 2.05) is 45.0 Å². The standard InChI is InChI=1S/C14H21NO/c1-5-12-6-8-13(9-7-12)14(16)11(4)15-10(2)3/h6-11,15H,5H2,1-4H3. The third-order valence-electron chi connectivity index (χ3n) is 2.62. The Morgan fingerprint density at radius 2 is 1.75 bits per heavy atom. The van der Waals surface area contributed by atoms with Gasteiger partial charge in [-0.25, -0.2) is 0 Å². The molecular formula is C14H21NO. The number of aryl methyl sites for hydroxylation is 1. The summed E-state index contributed by atoms with van der Waals surface area (Å²) in [7, 11) is 0. The molecule has 0 spiro atoms. The van der Waals surface area contributed by atoms with E-state index in [1.54, 1.807) is 0 Å². The molecule has 1 aromatic rings. The molecule has 0 saturated heterocycles. The second kappa shape index (κ2) is 5.80. The first kappa shape index (κ1) is 12.9. The van der Waals surface area contributed by atoms with Crippen LogP contribution in [0.5, 0.6) is 0 Å². The number of Topliss-reactive ketones (excluding diaryl/α,β-unsaturated/α-hetero) is 1. The Labute approximate surface area is 98.1 Å². The van der Waals surface area contributed by atoms with Gasteiger partial charge >= 0.3 is 0 Å². The molecule has 0 aliphatic rings. The van der Waals surface area contributed by atoms with Crippen molar-refractivity contribution in [2.75, 3.05) is 0 Å². The Morgan fingerprint density at radius 1 is 1.19 bits per heavy atom. The van der Waals surface area contributed by atoms with Crippen LogP contribution in [-0.2, 0) is 6.42 Å². The van der Waals surface area contributed by atoms with E-state index in [0.717, 1.165) is 12.0 Å². The highest BCUT2D eigenvalue weighted by Crippen LogP contribution is 2.08. The first-order valence-corrected chi connectivity index (χ1v) is 5.93. The molecule has 0 bridgehead atoms. The van der Waals surface area contributed by atoms with Gasteiger partial charge in [-0.05, 0) is 18.9 Å². The Morgan fingerprint density at radius 3 is 2.19 bits per heavy atom. The van der Waals surface area contributed by atoms with E-state index in [1.165, 1.54) is 5.56 Å². The zero-order valence-electron chi connectivity index (χ0n) is 10.6. The van der Waals surface area contributed by atoms with Crippen molar-refractivity contribution in [1.29, 1.82) is 0 Å². The average Bonchev–Trinajstić information content (AvgIpc) is 2.27. The van der Waals surface area contributed by atoms with Gasteiger partial charge in [-0.15, -0.1) is 0 Å². The Hall–Kier alpha value is -1.15. The lowest BCUT2D eigenvalue weighted by atomic mass is 10.0. The molecule has 0 aliphatic heterocycles. The minimum absolute atomic E-state index is 0.118. The summed E-state index contributed by atoms with van der Waals surface area (Å²) in [6, 6.07) is 8.09. The molecule has 2 heteroatoms. The zero-order chi connectivity index (χ0) is 12.1. The summed E-state index contributed by atoms with van der Waals surface area (Å²) in [6.07, 6.45) is 1.01. The van der Waals surface area contributed by atoms with Crippen LogP contribution in [0.3, 0.4) is 0 Å². The lowest BCUT2D eigenvalue weighted by Gasteiger charge is -2.15. The van der Waals surface area contributed by atoms with E-state index in [9.17, 15) is 4.79 Å². The van der Waals surface area contributed by atoms with Crippen molar-refractivity contribution in [3.63, 3.8) is 0 Å². The van der Waals surface area contributed by atoms with Crippen molar-refractivity contribution >= 4 is 5.78 Å². The summed E-state index contributed by atoms with van der Waals surface area (Å²) in [5.41, 5.74) is 2.05. The summed E-state index contributed by atoms with van der Waals surface area (Å²) in [6.45, 7) is 8.11. The van der Waals surface area contributed by atoms with Gasteiger partial charge in [0.25, 0.3) is 0 Å². The predicted octanol–water partition coefficient (Wildman–Crippen LogP) is 2.82. The first-order chi connectivity index (χ1) is 7.54. The van der Waals surface area contributed by atoms with Crippen molar-refractivity contribution in [3.8, 4) is 0 Å². The van der Waals surface area contributed by atoms with E-state index < -0.39 is 0 Å². The van der Waals surface area contributed by atoms with Crippen LogP contribution in [-0.4, -0.2) is 17.9 Å². The van der Waals surface area contributed by atoms with Crippen molar-refractivity contribution in [2.45, 2.75) is 46.2 Å². The Balaban J connectivity index is 2.72. The van der Waals surface area contributed by atoms with Crippen LogP contribution in [0.15, 0.2) is 24.3 Å². The monoisotopic (exact) mass is 219 g/mol. The van der Waals surface area contributed by atoms with Gasteiger partial charge in [0.15, 0.2) is 5.78 Å². The molecule has 16 heavy (non-hydrogen) atoms. The Kier molecular flexibility index (Phi) is 4.69. The average molecular weight is 219 g/mol. The number of hydrogen-bond acceptors (Lipinski definition) is 2. The van der Waals surface area contributed by atoms with E-state index in [2.05, 4.69) is 12.2 Å². The molecule has 0 fully saturated rings. The third kappa shape index (κ3) is 3.46. The fraction of sp³-hybridized carbons (Fsp3) is 0.500. The molecule has 88 valence electrons. The molecule has 0 aliphatic carbocycles. The van der Waals surface area contributed by atoms with Gasteiger partial charge in [0.1, 0.15) is 0 Å². The minimum atomic E-state index is -0.118. The summed E-state index contributed by atoms with van der Waals surface area (Å²) in [5, 5.41) is 3.22. The number of carbonyl (C=O) groups excluding carboxylic acids is 1. The van der Waals surface area contributed by atoms with E-state index >= 15 is 0 Å². The Bertz CT molecular complexity index is 340. The van der Waals surface area contributed by atoms with Crippen LogP contribution in [0.1, 0.15) is 43.6 Å². The van der Waals surface area contributed by atoms with Crippen molar-refractivity contribution in [1.82, 2.24) is 5.32 Å². The number of hydrogen-bond donors (Lipinski definition) is 1. The number of benzene rings is 1. The summed E-state index contributed by atoms with van der Waals surface area (Å²) in [4.78, 5) is 12.0. The molecule has 1 rings (SSSR count). The minimum Gasteiger partial charge on any atom is -0.305 e. The quantitative estimate of drug-likeness (QED) is 0.772. The van der Waals surface area contributed by atoms with Gasteiger partial charge < -0.3 is 5.32 Å². The van der Waals surface area contributed by atoms with Crippen molar-refractivity contribution in [3.05, 3.63) is 35.4 Å². The number of rotatable bonds is 5. The highest BCUT2D eigenvalue weighted by Gasteiger charge is 2.15. The van der Waals surface area contributed by atoms with Crippen LogP contribution in [0, 0.1) is 0 Å². The van der Waals surface area contributed by atoms with Crippen LogP contribution < -0.4 is 5.32 Å².